The lowest BCUT2D eigenvalue weighted by molar-refractivity contribution is 0.168. The lowest BCUT2D eigenvalue weighted by Crippen LogP contribution is -2.36. The maximum Gasteiger partial charge on any atom is 0.119 e. The third-order valence-corrected chi connectivity index (χ3v) is 4.20. The maximum atomic E-state index is 5.87. The SMILES string of the molecule is CCN(CCOc1ccc(CNC)cc1)C1CCCC1. The molecule has 0 spiro atoms. The highest BCUT2D eigenvalue weighted by atomic mass is 16.5. The first-order valence-corrected chi connectivity index (χ1v) is 7.94. The molecule has 112 valence electrons. The monoisotopic (exact) mass is 276 g/mol. The van der Waals surface area contributed by atoms with E-state index in [1.165, 1.54) is 31.2 Å². The number of rotatable bonds is 8. The van der Waals surface area contributed by atoms with Crippen molar-refractivity contribution < 1.29 is 4.74 Å². The third-order valence-electron chi connectivity index (χ3n) is 4.20. The second kappa shape index (κ2) is 8.28. The summed E-state index contributed by atoms with van der Waals surface area (Å²) in [4.78, 5) is 2.57. The molecule has 0 aliphatic heterocycles. The van der Waals surface area contributed by atoms with Gasteiger partial charge >= 0.3 is 0 Å². The van der Waals surface area contributed by atoms with Crippen molar-refractivity contribution in [1.82, 2.24) is 10.2 Å². The highest BCUT2D eigenvalue weighted by Gasteiger charge is 2.20. The average Bonchev–Trinajstić information content (AvgIpc) is 3.00. The number of ether oxygens (including phenoxy) is 1. The standard InChI is InChI=1S/C17H28N2O/c1-3-19(16-6-4-5-7-16)12-13-20-17-10-8-15(9-11-17)14-18-2/h8-11,16,18H,3-7,12-14H2,1-2H3. The van der Waals surface area contributed by atoms with Gasteiger partial charge in [0.25, 0.3) is 0 Å². The lowest BCUT2D eigenvalue weighted by atomic mass is 10.2. The Labute approximate surface area is 123 Å². The van der Waals surface area contributed by atoms with Gasteiger partial charge in [0.2, 0.25) is 0 Å². The van der Waals surface area contributed by atoms with Crippen LogP contribution in [-0.4, -0.2) is 37.7 Å². The topological polar surface area (TPSA) is 24.5 Å². The Balaban J connectivity index is 1.73. The Hall–Kier alpha value is -1.06. The molecule has 0 aromatic heterocycles. The van der Waals surface area contributed by atoms with Crippen molar-refractivity contribution in [1.29, 1.82) is 0 Å². The summed E-state index contributed by atoms with van der Waals surface area (Å²) in [7, 11) is 1.97. The number of benzene rings is 1. The summed E-state index contributed by atoms with van der Waals surface area (Å²) >= 11 is 0. The van der Waals surface area contributed by atoms with Crippen LogP contribution < -0.4 is 10.1 Å². The van der Waals surface area contributed by atoms with Crippen molar-refractivity contribution in [2.45, 2.75) is 45.2 Å². The fraction of sp³-hybridized carbons (Fsp3) is 0.647. The van der Waals surface area contributed by atoms with E-state index in [0.717, 1.165) is 38.0 Å². The minimum Gasteiger partial charge on any atom is -0.492 e. The molecule has 1 aromatic carbocycles. The Morgan fingerprint density at radius 2 is 1.90 bits per heavy atom. The first-order valence-electron chi connectivity index (χ1n) is 7.94. The maximum absolute atomic E-state index is 5.87. The Morgan fingerprint density at radius 1 is 1.20 bits per heavy atom. The van der Waals surface area contributed by atoms with E-state index >= 15 is 0 Å². The Morgan fingerprint density at radius 3 is 2.50 bits per heavy atom. The molecule has 0 saturated heterocycles. The van der Waals surface area contributed by atoms with Crippen LogP contribution in [0.15, 0.2) is 24.3 Å². The fourth-order valence-corrected chi connectivity index (χ4v) is 3.06. The zero-order valence-corrected chi connectivity index (χ0v) is 12.9. The molecule has 0 heterocycles. The van der Waals surface area contributed by atoms with Gasteiger partial charge in [-0.3, -0.25) is 4.90 Å². The highest BCUT2D eigenvalue weighted by Crippen LogP contribution is 2.23. The number of nitrogens with one attached hydrogen (secondary N) is 1. The van der Waals surface area contributed by atoms with E-state index in [0.29, 0.717) is 0 Å². The quantitative estimate of drug-likeness (QED) is 0.790. The molecule has 3 nitrogen and oxygen atoms in total. The molecule has 1 fully saturated rings. The van der Waals surface area contributed by atoms with E-state index in [1.807, 2.05) is 7.05 Å². The predicted molar refractivity (Wildman–Crippen MR) is 84.2 cm³/mol. The minimum absolute atomic E-state index is 0.787. The number of nitrogens with zero attached hydrogens (tertiary/aromatic N) is 1. The van der Waals surface area contributed by atoms with Crippen LogP contribution in [0.5, 0.6) is 5.75 Å². The molecule has 1 N–H and O–H groups in total. The second-order valence-electron chi connectivity index (χ2n) is 5.59. The number of hydrogen-bond acceptors (Lipinski definition) is 3. The van der Waals surface area contributed by atoms with Crippen LogP contribution in [-0.2, 0) is 6.54 Å². The van der Waals surface area contributed by atoms with E-state index < -0.39 is 0 Å². The van der Waals surface area contributed by atoms with Crippen LogP contribution in [0.25, 0.3) is 0 Å². The molecule has 1 aromatic rings. The largest absolute Gasteiger partial charge is 0.492 e. The van der Waals surface area contributed by atoms with E-state index in [4.69, 9.17) is 4.74 Å². The van der Waals surface area contributed by atoms with Gasteiger partial charge in [-0.2, -0.15) is 0 Å². The van der Waals surface area contributed by atoms with Crippen LogP contribution in [0, 0.1) is 0 Å². The van der Waals surface area contributed by atoms with Crippen molar-refractivity contribution in [3.05, 3.63) is 29.8 Å². The Bertz CT molecular complexity index is 371. The summed E-state index contributed by atoms with van der Waals surface area (Å²) in [5, 5.41) is 3.15. The van der Waals surface area contributed by atoms with Crippen LogP contribution >= 0.6 is 0 Å². The van der Waals surface area contributed by atoms with E-state index in [9.17, 15) is 0 Å². The normalized spacial score (nSPS) is 15.9. The zero-order valence-electron chi connectivity index (χ0n) is 12.9. The van der Waals surface area contributed by atoms with Gasteiger partial charge in [-0.05, 0) is 44.1 Å². The van der Waals surface area contributed by atoms with Crippen LogP contribution in [0.2, 0.25) is 0 Å². The summed E-state index contributed by atoms with van der Waals surface area (Å²) in [6.07, 6.45) is 5.53. The summed E-state index contributed by atoms with van der Waals surface area (Å²) in [5.74, 6) is 0.979. The molecule has 1 aliphatic carbocycles. The van der Waals surface area contributed by atoms with Crippen molar-refractivity contribution in [2.24, 2.45) is 0 Å². The van der Waals surface area contributed by atoms with Gasteiger partial charge in [-0.25, -0.2) is 0 Å². The van der Waals surface area contributed by atoms with Crippen molar-refractivity contribution in [3.63, 3.8) is 0 Å². The molecule has 0 amide bonds. The zero-order chi connectivity index (χ0) is 14.2. The first kappa shape index (κ1) is 15.3. The molecule has 1 aliphatic rings. The first-order chi connectivity index (χ1) is 9.83. The van der Waals surface area contributed by atoms with Gasteiger partial charge in [0.15, 0.2) is 0 Å². The minimum atomic E-state index is 0.787. The Kier molecular flexibility index (Phi) is 6.34. The molecule has 0 radical (unpaired) electrons. The molecule has 0 bridgehead atoms. The number of likely N-dealkylation sites (N-methyl/N-ethyl adjacent to an activating group) is 1. The molecule has 0 atom stereocenters. The molecule has 2 rings (SSSR count). The fourth-order valence-electron chi connectivity index (χ4n) is 3.06. The smallest absolute Gasteiger partial charge is 0.119 e. The predicted octanol–water partition coefficient (Wildman–Crippen LogP) is 3.05. The molecule has 0 unspecified atom stereocenters. The van der Waals surface area contributed by atoms with Gasteiger partial charge < -0.3 is 10.1 Å². The highest BCUT2D eigenvalue weighted by molar-refractivity contribution is 5.27. The molecule has 20 heavy (non-hydrogen) atoms. The summed E-state index contributed by atoms with van der Waals surface area (Å²) in [5.41, 5.74) is 1.29. The van der Waals surface area contributed by atoms with Crippen LogP contribution in [0.3, 0.4) is 0 Å². The van der Waals surface area contributed by atoms with Gasteiger partial charge in [0, 0.05) is 19.1 Å². The summed E-state index contributed by atoms with van der Waals surface area (Å²) in [6, 6.07) is 9.18. The van der Waals surface area contributed by atoms with Crippen LogP contribution in [0.4, 0.5) is 0 Å². The molecule has 3 heteroatoms. The summed E-state index contributed by atoms with van der Waals surface area (Å²) < 4.78 is 5.87. The van der Waals surface area contributed by atoms with Gasteiger partial charge in [0.1, 0.15) is 12.4 Å². The molecular formula is C17H28N2O. The van der Waals surface area contributed by atoms with E-state index in [1.54, 1.807) is 0 Å². The molecule has 1 saturated carbocycles. The summed E-state index contributed by atoms with van der Waals surface area (Å²) in [6.45, 7) is 6.13. The van der Waals surface area contributed by atoms with Crippen molar-refractivity contribution >= 4 is 0 Å². The van der Waals surface area contributed by atoms with Crippen LogP contribution in [0.1, 0.15) is 38.2 Å². The molecular weight excluding hydrogens is 248 g/mol. The van der Waals surface area contributed by atoms with Gasteiger partial charge in [-0.1, -0.05) is 31.9 Å². The lowest BCUT2D eigenvalue weighted by Gasteiger charge is -2.27. The van der Waals surface area contributed by atoms with Crippen molar-refractivity contribution in [2.75, 3.05) is 26.7 Å². The third kappa shape index (κ3) is 4.50. The van der Waals surface area contributed by atoms with E-state index in [-0.39, 0.29) is 0 Å². The average molecular weight is 276 g/mol. The van der Waals surface area contributed by atoms with E-state index in [2.05, 4.69) is 41.4 Å². The van der Waals surface area contributed by atoms with Gasteiger partial charge in [0.05, 0.1) is 0 Å². The number of hydrogen-bond donors (Lipinski definition) is 1. The van der Waals surface area contributed by atoms with Gasteiger partial charge in [-0.15, -0.1) is 0 Å². The second-order valence-corrected chi connectivity index (χ2v) is 5.59. The van der Waals surface area contributed by atoms with Crippen molar-refractivity contribution in [3.8, 4) is 5.75 Å².